The number of methoxy groups -OCH3 is 1. The lowest BCUT2D eigenvalue weighted by Gasteiger charge is -2.13. The lowest BCUT2D eigenvalue weighted by atomic mass is 10.1. The summed E-state index contributed by atoms with van der Waals surface area (Å²) in [6.07, 6.45) is 0. The average molecular weight is 250 g/mol. The molecule has 1 atom stereocenters. The second-order valence-corrected chi connectivity index (χ2v) is 3.85. The molecule has 0 saturated heterocycles. The van der Waals surface area contributed by atoms with E-state index in [1.54, 1.807) is 0 Å². The molecule has 18 heavy (non-hydrogen) atoms. The summed E-state index contributed by atoms with van der Waals surface area (Å²) >= 11 is 0. The highest BCUT2D eigenvalue weighted by atomic mass is 16.5. The lowest BCUT2D eigenvalue weighted by molar-refractivity contribution is -0.139. The van der Waals surface area contributed by atoms with Crippen LogP contribution in [0, 0.1) is 0 Å². The van der Waals surface area contributed by atoms with E-state index in [-0.39, 0.29) is 6.04 Å². The van der Waals surface area contributed by atoms with Crippen LogP contribution in [0.25, 0.3) is 0 Å². The molecule has 0 spiro atoms. The van der Waals surface area contributed by atoms with Gasteiger partial charge in [-0.2, -0.15) is 0 Å². The van der Waals surface area contributed by atoms with E-state index in [9.17, 15) is 9.59 Å². The minimum atomic E-state index is -0.644. The second kappa shape index (κ2) is 7.45. The molecule has 1 aromatic carbocycles. The molecule has 1 rings (SSSR count). The van der Waals surface area contributed by atoms with Crippen molar-refractivity contribution in [1.82, 2.24) is 10.6 Å². The zero-order valence-corrected chi connectivity index (χ0v) is 10.6. The van der Waals surface area contributed by atoms with Crippen LogP contribution < -0.4 is 10.6 Å². The van der Waals surface area contributed by atoms with Gasteiger partial charge in [0, 0.05) is 13.7 Å². The average Bonchev–Trinajstić information content (AvgIpc) is 2.39. The summed E-state index contributed by atoms with van der Waals surface area (Å²) in [6, 6.07) is 9.26. The predicted octanol–water partition coefficient (Wildman–Crippen LogP) is 0.626. The Balaban J connectivity index is 2.42. The van der Waals surface area contributed by atoms with Gasteiger partial charge in [-0.25, -0.2) is 0 Å². The lowest BCUT2D eigenvalue weighted by Crippen LogP contribution is -2.41. The first kappa shape index (κ1) is 14.2. The fourth-order valence-corrected chi connectivity index (χ4v) is 1.43. The Kier molecular flexibility index (Phi) is 5.87. The summed E-state index contributed by atoms with van der Waals surface area (Å²) in [7, 11) is 1.53. The van der Waals surface area contributed by atoms with Crippen molar-refractivity contribution >= 4 is 11.8 Å². The molecule has 0 saturated carbocycles. The molecule has 5 nitrogen and oxygen atoms in total. The summed E-state index contributed by atoms with van der Waals surface area (Å²) in [5.74, 6) is -1.28. The molecule has 2 N–H and O–H groups in total. The van der Waals surface area contributed by atoms with Gasteiger partial charge >= 0.3 is 11.8 Å². The number of carbonyl (C=O) groups is 2. The molecular weight excluding hydrogens is 232 g/mol. The molecule has 98 valence electrons. The molecule has 0 aromatic heterocycles. The van der Waals surface area contributed by atoms with Gasteiger partial charge in [-0.1, -0.05) is 30.3 Å². The highest BCUT2D eigenvalue weighted by Gasteiger charge is 2.16. The van der Waals surface area contributed by atoms with Crippen LogP contribution in [-0.2, 0) is 14.3 Å². The van der Waals surface area contributed by atoms with Crippen LogP contribution in [0.3, 0.4) is 0 Å². The van der Waals surface area contributed by atoms with E-state index in [1.165, 1.54) is 7.11 Å². The Bertz CT molecular complexity index is 392. The van der Waals surface area contributed by atoms with E-state index in [0.29, 0.717) is 13.2 Å². The van der Waals surface area contributed by atoms with Gasteiger partial charge < -0.3 is 15.4 Å². The molecule has 0 unspecified atom stereocenters. The van der Waals surface area contributed by atoms with Crippen LogP contribution in [0.4, 0.5) is 0 Å². The first-order valence-electron chi connectivity index (χ1n) is 5.77. The number of nitrogens with one attached hydrogen (secondary N) is 2. The Morgan fingerprint density at radius 2 is 1.89 bits per heavy atom. The molecule has 0 aliphatic carbocycles. The minimum absolute atomic E-state index is 0.202. The van der Waals surface area contributed by atoms with Gasteiger partial charge in [-0.3, -0.25) is 9.59 Å². The summed E-state index contributed by atoms with van der Waals surface area (Å²) in [5, 5.41) is 5.10. The van der Waals surface area contributed by atoms with Gasteiger partial charge in [0.25, 0.3) is 0 Å². The van der Waals surface area contributed by atoms with Crippen LogP contribution in [0.15, 0.2) is 30.3 Å². The molecule has 0 radical (unpaired) electrons. The van der Waals surface area contributed by atoms with Crippen LogP contribution in [0.5, 0.6) is 0 Å². The molecule has 2 amide bonds. The van der Waals surface area contributed by atoms with Gasteiger partial charge in [0.2, 0.25) is 0 Å². The van der Waals surface area contributed by atoms with E-state index in [1.807, 2.05) is 37.3 Å². The zero-order chi connectivity index (χ0) is 13.4. The maximum atomic E-state index is 11.6. The van der Waals surface area contributed by atoms with Crippen LogP contribution in [0.1, 0.15) is 18.5 Å². The number of benzene rings is 1. The highest BCUT2D eigenvalue weighted by molar-refractivity contribution is 6.35. The van der Waals surface area contributed by atoms with Gasteiger partial charge in [0.15, 0.2) is 0 Å². The quantitative estimate of drug-likeness (QED) is 0.595. The van der Waals surface area contributed by atoms with Crippen molar-refractivity contribution < 1.29 is 14.3 Å². The molecule has 0 bridgehead atoms. The molecule has 0 heterocycles. The van der Waals surface area contributed by atoms with Gasteiger partial charge in [0.05, 0.1) is 12.6 Å². The van der Waals surface area contributed by atoms with Crippen molar-refractivity contribution in [3.8, 4) is 0 Å². The number of rotatable bonds is 5. The first-order valence-corrected chi connectivity index (χ1v) is 5.77. The second-order valence-electron chi connectivity index (χ2n) is 3.85. The number of amides is 2. The maximum Gasteiger partial charge on any atom is 0.309 e. The molecule has 0 aliphatic rings. The smallest absolute Gasteiger partial charge is 0.309 e. The van der Waals surface area contributed by atoms with Gasteiger partial charge in [0.1, 0.15) is 0 Å². The molecule has 5 heteroatoms. The SMILES string of the molecule is COCCNC(=O)C(=O)N[C@H](C)c1ccccc1. The van der Waals surface area contributed by atoms with Crippen LogP contribution in [0.2, 0.25) is 0 Å². The van der Waals surface area contributed by atoms with Crippen LogP contribution in [-0.4, -0.2) is 32.1 Å². The molecule has 1 aromatic rings. The van der Waals surface area contributed by atoms with Crippen molar-refractivity contribution in [2.24, 2.45) is 0 Å². The third-order valence-electron chi connectivity index (χ3n) is 2.45. The fourth-order valence-electron chi connectivity index (χ4n) is 1.43. The highest BCUT2D eigenvalue weighted by Crippen LogP contribution is 2.10. The van der Waals surface area contributed by atoms with Crippen molar-refractivity contribution in [2.45, 2.75) is 13.0 Å². The third-order valence-corrected chi connectivity index (χ3v) is 2.45. The topological polar surface area (TPSA) is 67.4 Å². The number of hydrogen-bond donors (Lipinski definition) is 2. The van der Waals surface area contributed by atoms with Crippen molar-refractivity contribution in [1.29, 1.82) is 0 Å². The summed E-state index contributed by atoms with van der Waals surface area (Å²) in [4.78, 5) is 23.0. The third kappa shape index (κ3) is 4.55. The number of hydrogen-bond acceptors (Lipinski definition) is 3. The normalized spacial score (nSPS) is 11.7. The molecule has 0 aliphatic heterocycles. The molecule has 0 fully saturated rings. The van der Waals surface area contributed by atoms with E-state index >= 15 is 0 Å². The summed E-state index contributed by atoms with van der Waals surface area (Å²) in [6.45, 7) is 2.53. The summed E-state index contributed by atoms with van der Waals surface area (Å²) < 4.78 is 4.78. The van der Waals surface area contributed by atoms with Gasteiger partial charge in [-0.05, 0) is 12.5 Å². The van der Waals surface area contributed by atoms with E-state index < -0.39 is 11.8 Å². The van der Waals surface area contributed by atoms with E-state index in [0.717, 1.165) is 5.56 Å². The van der Waals surface area contributed by atoms with Crippen LogP contribution >= 0.6 is 0 Å². The number of carbonyl (C=O) groups excluding carboxylic acids is 2. The van der Waals surface area contributed by atoms with Crippen molar-refractivity contribution in [2.75, 3.05) is 20.3 Å². The standard InChI is InChI=1S/C13H18N2O3/c1-10(11-6-4-3-5-7-11)15-13(17)12(16)14-8-9-18-2/h3-7,10H,8-9H2,1-2H3,(H,14,16)(H,15,17)/t10-/m1/s1. The maximum absolute atomic E-state index is 11.6. The predicted molar refractivity (Wildman–Crippen MR) is 67.9 cm³/mol. The Hall–Kier alpha value is -1.88. The first-order chi connectivity index (χ1) is 8.65. The number of ether oxygens (including phenoxy) is 1. The summed E-state index contributed by atoms with van der Waals surface area (Å²) in [5.41, 5.74) is 0.954. The Morgan fingerprint density at radius 1 is 1.22 bits per heavy atom. The Morgan fingerprint density at radius 3 is 2.50 bits per heavy atom. The zero-order valence-electron chi connectivity index (χ0n) is 10.6. The monoisotopic (exact) mass is 250 g/mol. The van der Waals surface area contributed by atoms with Crippen molar-refractivity contribution in [3.63, 3.8) is 0 Å². The minimum Gasteiger partial charge on any atom is -0.383 e. The van der Waals surface area contributed by atoms with E-state index in [2.05, 4.69) is 10.6 Å². The Labute approximate surface area is 107 Å². The van der Waals surface area contributed by atoms with Gasteiger partial charge in [-0.15, -0.1) is 0 Å². The fraction of sp³-hybridized carbons (Fsp3) is 0.385. The van der Waals surface area contributed by atoms with E-state index in [4.69, 9.17) is 4.74 Å². The van der Waals surface area contributed by atoms with Crippen molar-refractivity contribution in [3.05, 3.63) is 35.9 Å². The largest absolute Gasteiger partial charge is 0.383 e. The molecular formula is C13H18N2O3.